The smallest absolute Gasteiger partial charge is 0.409 e. The van der Waals surface area contributed by atoms with Crippen LogP contribution in [-0.4, -0.2) is 35.7 Å². The molecule has 1 aliphatic rings. The first kappa shape index (κ1) is 28.2. The molecular weight excluding hydrogens is 512 g/mol. The van der Waals surface area contributed by atoms with Crippen LogP contribution >= 0.6 is 0 Å². The largest absolute Gasteiger partial charge is 0.473 e. The molecule has 6 heteroatoms. The van der Waals surface area contributed by atoms with Crippen LogP contribution in [0.4, 0.5) is 4.79 Å². The van der Waals surface area contributed by atoms with Gasteiger partial charge in [-0.25, -0.2) is 4.79 Å². The third-order valence-corrected chi connectivity index (χ3v) is 7.45. The number of hydrogen-bond acceptors (Lipinski definition) is 5. The molecule has 41 heavy (non-hydrogen) atoms. The van der Waals surface area contributed by atoms with Gasteiger partial charge in [0.1, 0.15) is 13.2 Å². The average molecular weight is 551 g/mol. The SMILES string of the molecule is CCCCOC(=O)N1CCC(c2ccc(-c3ccc(OCc4ccccc4)nc3OCc3ccccc3)cc2)CC1. The molecule has 4 aromatic rings. The van der Waals surface area contributed by atoms with Crippen molar-refractivity contribution in [1.29, 1.82) is 0 Å². The van der Waals surface area contributed by atoms with Crippen molar-refractivity contribution in [2.45, 2.75) is 51.7 Å². The summed E-state index contributed by atoms with van der Waals surface area (Å²) in [5.74, 6) is 1.49. The summed E-state index contributed by atoms with van der Waals surface area (Å²) in [4.78, 5) is 18.9. The van der Waals surface area contributed by atoms with Gasteiger partial charge in [-0.05, 0) is 53.5 Å². The lowest BCUT2D eigenvalue weighted by atomic mass is 9.88. The van der Waals surface area contributed by atoms with E-state index in [2.05, 4.69) is 31.2 Å². The van der Waals surface area contributed by atoms with Crippen LogP contribution in [0.1, 0.15) is 55.2 Å². The van der Waals surface area contributed by atoms with Gasteiger partial charge in [0.05, 0.1) is 6.61 Å². The van der Waals surface area contributed by atoms with Gasteiger partial charge in [0.2, 0.25) is 11.8 Å². The van der Waals surface area contributed by atoms with Gasteiger partial charge >= 0.3 is 6.09 Å². The summed E-state index contributed by atoms with van der Waals surface area (Å²) in [6.45, 7) is 4.90. The van der Waals surface area contributed by atoms with Crippen LogP contribution < -0.4 is 9.47 Å². The highest BCUT2D eigenvalue weighted by Crippen LogP contribution is 2.34. The fourth-order valence-corrected chi connectivity index (χ4v) is 5.02. The molecule has 6 nitrogen and oxygen atoms in total. The maximum absolute atomic E-state index is 12.3. The summed E-state index contributed by atoms with van der Waals surface area (Å²) in [6.07, 6.45) is 3.62. The number of hydrogen-bond donors (Lipinski definition) is 0. The Morgan fingerprint density at radius 1 is 0.805 bits per heavy atom. The molecule has 2 heterocycles. The minimum atomic E-state index is -0.182. The number of aromatic nitrogens is 1. The predicted octanol–water partition coefficient (Wildman–Crippen LogP) is 8.02. The molecule has 3 aromatic carbocycles. The highest BCUT2D eigenvalue weighted by molar-refractivity contribution is 5.69. The number of ether oxygens (including phenoxy) is 3. The van der Waals surface area contributed by atoms with Crippen LogP contribution in [0.25, 0.3) is 11.1 Å². The summed E-state index contributed by atoms with van der Waals surface area (Å²) in [7, 11) is 0. The first-order valence-corrected chi connectivity index (χ1v) is 14.6. The lowest BCUT2D eigenvalue weighted by Crippen LogP contribution is -2.38. The summed E-state index contributed by atoms with van der Waals surface area (Å²) in [6, 6.07) is 32.7. The summed E-state index contributed by atoms with van der Waals surface area (Å²) in [5.41, 5.74) is 5.40. The number of likely N-dealkylation sites (tertiary alicyclic amines) is 1. The number of benzene rings is 3. The number of unbranched alkanes of at least 4 members (excludes halogenated alkanes) is 1. The predicted molar refractivity (Wildman–Crippen MR) is 161 cm³/mol. The van der Waals surface area contributed by atoms with Crippen molar-refractivity contribution in [3.63, 3.8) is 0 Å². The highest BCUT2D eigenvalue weighted by atomic mass is 16.6. The molecule has 0 aliphatic carbocycles. The second-order valence-electron chi connectivity index (χ2n) is 10.4. The van der Waals surface area contributed by atoms with Crippen LogP contribution in [0, 0.1) is 0 Å². The number of carbonyl (C=O) groups excluding carboxylic acids is 1. The maximum Gasteiger partial charge on any atom is 0.409 e. The highest BCUT2D eigenvalue weighted by Gasteiger charge is 2.25. The van der Waals surface area contributed by atoms with Gasteiger partial charge in [0.15, 0.2) is 0 Å². The maximum atomic E-state index is 12.3. The van der Waals surface area contributed by atoms with Gasteiger partial charge in [-0.2, -0.15) is 4.98 Å². The van der Waals surface area contributed by atoms with Crippen molar-refractivity contribution in [1.82, 2.24) is 9.88 Å². The number of pyridine rings is 1. The van der Waals surface area contributed by atoms with E-state index in [1.54, 1.807) is 0 Å². The Kier molecular flexibility index (Phi) is 9.88. The van der Waals surface area contributed by atoms with Crippen LogP contribution in [0.5, 0.6) is 11.8 Å². The Morgan fingerprint density at radius 3 is 2.07 bits per heavy atom. The standard InChI is InChI=1S/C35H38N2O4/c1-2-3-24-39-35(38)37-22-20-30(21-23-37)29-14-16-31(17-15-29)32-18-19-33(40-25-27-10-6-4-7-11-27)36-34(32)41-26-28-12-8-5-9-13-28/h4-19,30H,2-3,20-26H2,1H3. The Hall–Kier alpha value is -4.32. The van der Waals surface area contributed by atoms with Crippen molar-refractivity contribution in [2.75, 3.05) is 19.7 Å². The van der Waals surface area contributed by atoms with E-state index in [0.717, 1.165) is 61.0 Å². The molecule has 0 saturated carbocycles. The topological polar surface area (TPSA) is 60.9 Å². The van der Waals surface area contributed by atoms with Crippen LogP contribution in [-0.2, 0) is 18.0 Å². The van der Waals surface area contributed by atoms with E-state index in [1.165, 1.54) is 5.56 Å². The molecule has 0 unspecified atom stereocenters. The van der Waals surface area contributed by atoms with E-state index in [0.29, 0.717) is 37.5 Å². The number of amides is 1. The third kappa shape index (κ3) is 7.88. The van der Waals surface area contributed by atoms with Crippen molar-refractivity contribution >= 4 is 6.09 Å². The molecule has 1 saturated heterocycles. The lowest BCUT2D eigenvalue weighted by Gasteiger charge is -2.31. The zero-order valence-electron chi connectivity index (χ0n) is 23.7. The number of piperidine rings is 1. The zero-order chi connectivity index (χ0) is 28.3. The van der Waals surface area contributed by atoms with Crippen LogP contribution in [0.15, 0.2) is 97.1 Å². The van der Waals surface area contributed by atoms with E-state index in [1.807, 2.05) is 77.7 Å². The molecule has 5 rings (SSSR count). The molecule has 1 amide bonds. The van der Waals surface area contributed by atoms with Gasteiger partial charge in [-0.1, -0.05) is 98.3 Å². The zero-order valence-corrected chi connectivity index (χ0v) is 23.7. The average Bonchev–Trinajstić information content (AvgIpc) is 3.04. The molecule has 212 valence electrons. The summed E-state index contributed by atoms with van der Waals surface area (Å²) in [5, 5.41) is 0. The third-order valence-electron chi connectivity index (χ3n) is 7.45. The Morgan fingerprint density at radius 2 is 1.44 bits per heavy atom. The lowest BCUT2D eigenvalue weighted by molar-refractivity contribution is 0.0916. The Balaban J connectivity index is 1.27. The molecule has 1 aliphatic heterocycles. The summed E-state index contributed by atoms with van der Waals surface area (Å²) < 4.78 is 17.6. The summed E-state index contributed by atoms with van der Waals surface area (Å²) >= 11 is 0. The van der Waals surface area contributed by atoms with Crippen LogP contribution in [0.2, 0.25) is 0 Å². The molecule has 0 N–H and O–H groups in total. The van der Waals surface area contributed by atoms with E-state index >= 15 is 0 Å². The molecule has 0 atom stereocenters. The number of carbonyl (C=O) groups is 1. The number of rotatable bonds is 11. The van der Waals surface area contributed by atoms with Crippen molar-refractivity contribution in [3.8, 4) is 22.9 Å². The van der Waals surface area contributed by atoms with E-state index in [-0.39, 0.29) is 6.09 Å². The minimum absolute atomic E-state index is 0.182. The van der Waals surface area contributed by atoms with Gasteiger partial charge in [-0.3, -0.25) is 0 Å². The van der Waals surface area contributed by atoms with Gasteiger partial charge in [0.25, 0.3) is 0 Å². The Bertz CT molecular complexity index is 1370. The second-order valence-corrected chi connectivity index (χ2v) is 10.4. The van der Waals surface area contributed by atoms with Gasteiger partial charge in [-0.15, -0.1) is 0 Å². The fraction of sp³-hybridized carbons (Fsp3) is 0.314. The van der Waals surface area contributed by atoms with Crippen molar-refractivity contribution in [2.24, 2.45) is 0 Å². The van der Waals surface area contributed by atoms with E-state index < -0.39 is 0 Å². The quantitative estimate of drug-likeness (QED) is 0.177. The number of nitrogens with zero attached hydrogens (tertiary/aromatic N) is 2. The van der Waals surface area contributed by atoms with E-state index in [9.17, 15) is 4.79 Å². The molecule has 0 bridgehead atoms. The first-order valence-electron chi connectivity index (χ1n) is 14.6. The molecule has 1 aromatic heterocycles. The minimum Gasteiger partial charge on any atom is -0.473 e. The van der Waals surface area contributed by atoms with Crippen LogP contribution in [0.3, 0.4) is 0 Å². The van der Waals surface area contributed by atoms with Crippen molar-refractivity contribution < 1.29 is 19.0 Å². The van der Waals surface area contributed by atoms with Crippen molar-refractivity contribution in [3.05, 3.63) is 114 Å². The first-order chi connectivity index (χ1) is 20.2. The van der Waals surface area contributed by atoms with Gasteiger partial charge in [0, 0.05) is 24.7 Å². The fourth-order valence-electron chi connectivity index (χ4n) is 5.02. The second kappa shape index (κ2) is 14.4. The Labute approximate surface area is 242 Å². The normalized spacial score (nSPS) is 13.5. The monoisotopic (exact) mass is 550 g/mol. The molecule has 0 spiro atoms. The molecule has 0 radical (unpaired) electrons. The van der Waals surface area contributed by atoms with Gasteiger partial charge < -0.3 is 19.1 Å². The molecular formula is C35H38N2O4. The van der Waals surface area contributed by atoms with E-state index in [4.69, 9.17) is 19.2 Å². The molecule has 1 fully saturated rings.